The monoisotopic (exact) mass is 389 g/mol. The van der Waals surface area contributed by atoms with E-state index in [2.05, 4.69) is 5.32 Å². The van der Waals surface area contributed by atoms with Gasteiger partial charge in [0.05, 0.1) is 6.61 Å². The summed E-state index contributed by atoms with van der Waals surface area (Å²) in [5, 5.41) is 2.84. The lowest BCUT2D eigenvalue weighted by atomic mass is 9.87. The molecule has 3 rings (SSSR count). The van der Waals surface area contributed by atoms with Gasteiger partial charge < -0.3 is 19.7 Å². The van der Waals surface area contributed by atoms with Gasteiger partial charge in [-0.15, -0.1) is 0 Å². The molecule has 2 aliphatic heterocycles. The molecule has 0 unspecified atom stereocenters. The van der Waals surface area contributed by atoms with Crippen LogP contribution in [-0.4, -0.2) is 65.5 Å². The molecular formula is C20H27N3O5. The van der Waals surface area contributed by atoms with Crippen LogP contribution in [0.1, 0.15) is 33.6 Å². The van der Waals surface area contributed by atoms with Crippen LogP contribution in [0, 0.1) is 0 Å². The van der Waals surface area contributed by atoms with Gasteiger partial charge in [-0.3, -0.25) is 14.5 Å². The van der Waals surface area contributed by atoms with E-state index in [1.54, 1.807) is 29.2 Å². The van der Waals surface area contributed by atoms with Crippen molar-refractivity contribution in [1.82, 2.24) is 15.1 Å². The second-order valence-corrected chi connectivity index (χ2v) is 7.36. The third-order valence-corrected chi connectivity index (χ3v) is 5.18. The number of likely N-dealkylation sites (tertiary alicyclic amines) is 1. The third-order valence-electron chi connectivity index (χ3n) is 5.18. The number of carbonyl (C=O) groups is 3. The van der Waals surface area contributed by atoms with E-state index in [-0.39, 0.29) is 30.5 Å². The number of benzene rings is 1. The number of amides is 4. The highest BCUT2D eigenvalue weighted by atomic mass is 16.5. The number of ether oxygens (including phenoxy) is 2. The molecule has 0 saturated carbocycles. The molecule has 8 heteroatoms. The Morgan fingerprint density at radius 3 is 2.18 bits per heavy atom. The standard InChI is InChI=1S/C20H27N3O5/c1-4-27-15-5-7-16(8-6-15)28-13-17(24)22-11-9-20(10-12-22)18(25)23(14(2)3)19(26)21-20/h5-8,14H,4,9-13H2,1-3H3,(H,21,26). The number of carbonyl (C=O) groups excluding carboxylic acids is 3. The van der Waals surface area contributed by atoms with Crippen molar-refractivity contribution in [2.24, 2.45) is 0 Å². The Labute approximate surface area is 164 Å². The fourth-order valence-electron chi connectivity index (χ4n) is 3.62. The van der Waals surface area contributed by atoms with Crippen molar-refractivity contribution in [3.8, 4) is 11.5 Å². The molecule has 152 valence electrons. The molecule has 2 heterocycles. The molecule has 0 aromatic heterocycles. The predicted molar refractivity (Wildman–Crippen MR) is 102 cm³/mol. The first kappa shape index (κ1) is 20.0. The molecule has 0 radical (unpaired) electrons. The molecule has 1 N–H and O–H groups in total. The highest BCUT2D eigenvalue weighted by molar-refractivity contribution is 6.07. The van der Waals surface area contributed by atoms with Gasteiger partial charge in [-0.2, -0.15) is 0 Å². The molecule has 2 aliphatic rings. The van der Waals surface area contributed by atoms with Crippen LogP contribution in [0.15, 0.2) is 24.3 Å². The van der Waals surface area contributed by atoms with Crippen LogP contribution in [0.2, 0.25) is 0 Å². The summed E-state index contributed by atoms with van der Waals surface area (Å²) in [6, 6.07) is 6.58. The van der Waals surface area contributed by atoms with Crippen molar-refractivity contribution in [3.05, 3.63) is 24.3 Å². The Bertz CT molecular complexity index is 739. The maximum Gasteiger partial charge on any atom is 0.325 e. The van der Waals surface area contributed by atoms with Gasteiger partial charge in [-0.25, -0.2) is 4.79 Å². The highest BCUT2D eigenvalue weighted by Gasteiger charge is 2.53. The number of hydrogen-bond acceptors (Lipinski definition) is 5. The largest absolute Gasteiger partial charge is 0.494 e. The van der Waals surface area contributed by atoms with Gasteiger partial charge in [0, 0.05) is 19.1 Å². The summed E-state index contributed by atoms with van der Waals surface area (Å²) in [4.78, 5) is 40.2. The Kier molecular flexibility index (Phi) is 5.76. The van der Waals surface area contributed by atoms with E-state index in [1.165, 1.54) is 4.90 Å². The second-order valence-electron chi connectivity index (χ2n) is 7.36. The molecule has 0 bridgehead atoms. The number of piperidine rings is 1. The zero-order valence-electron chi connectivity index (χ0n) is 16.6. The van der Waals surface area contributed by atoms with Crippen LogP contribution in [0.5, 0.6) is 11.5 Å². The zero-order valence-corrected chi connectivity index (χ0v) is 16.6. The number of urea groups is 1. The van der Waals surface area contributed by atoms with Crippen LogP contribution in [-0.2, 0) is 9.59 Å². The number of rotatable bonds is 6. The zero-order chi connectivity index (χ0) is 20.3. The van der Waals surface area contributed by atoms with Crippen LogP contribution in [0.4, 0.5) is 4.79 Å². The van der Waals surface area contributed by atoms with E-state index in [0.717, 1.165) is 5.75 Å². The number of imide groups is 1. The summed E-state index contributed by atoms with van der Waals surface area (Å²) in [5.74, 6) is 1.02. The second kappa shape index (κ2) is 8.08. The summed E-state index contributed by atoms with van der Waals surface area (Å²) in [6.07, 6.45) is 0.825. The maximum atomic E-state index is 12.7. The minimum Gasteiger partial charge on any atom is -0.494 e. The normalized spacial score (nSPS) is 18.6. The maximum absolute atomic E-state index is 12.7. The summed E-state index contributed by atoms with van der Waals surface area (Å²) >= 11 is 0. The van der Waals surface area contributed by atoms with Crippen LogP contribution in [0.3, 0.4) is 0 Å². The lowest BCUT2D eigenvalue weighted by molar-refractivity contribution is -0.140. The molecule has 28 heavy (non-hydrogen) atoms. The van der Waals surface area contributed by atoms with Crippen molar-refractivity contribution in [1.29, 1.82) is 0 Å². The smallest absolute Gasteiger partial charge is 0.325 e. The fourth-order valence-corrected chi connectivity index (χ4v) is 3.62. The Balaban J connectivity index is 1.51. The summed E-state index contributed by atoms with van der Waals surface area (Å²) < 4.78 is 10.9. The molecule has 1 spiro atoms. The summed E-state index contributed by atoms with van der Waals surface area (Å²) in [7, 11) is 0. The fraction of sp³-hybridized carbons (Fsp3) is 0.550. The van der Waals surface area contributed by atoms with Crippen LogP contribution >= 0.6 is 0 Å². The van der Waals surface area contributed by atoms with E-state index < -0.39 is 5.54 Å². The Morgan fingerprint density at radius 2 is 1.68 bits per heavy atom. The molecule has 8 nitrogen and oxygen atoms in total. The first-order valence-corrected chi connectivity index (χ1v) is 9.65. The quantitative estimate of drug-likeness (QED) is 0.750. The van der Waals surface area contributed by atoms with Crippen molar-refractivity contribution in [2.45, 2.75) is 45.2 Å². The molecule has 2 fully saturated rings. The summed E-state index contributed by atoms with van der Waals surface area (Å²) in [5.41, 5.74) is -0.881. The van der Waals surface area contributed by atoms with Crippen molar-refractivity contribution in [3.63, 3.8) is 0 Å². The minimum absolute atomic E-state index is 0.0700. The van der Waals surface area contributed by atoms with Crippen LogP contribution in [0.25, 0.3) is 0 Å². The average molecular weight is 389 g/mol. The van der Waals surface area contributed by atoms with E-state index in [1.807, 2.05) is 20.8 Å². The number of nitrogens with zero attached hydrogens (tertiary/aromatic N) is 2. The van der Waals surface area contributed by atoms with E-state index >= 15 is 0 Å². The predicted octanol–water partition coefficient (Wildman–Crippen LogP) is 1.79. The van der Waals surface area contributed by atoms with Crippen molar-refractivity contribution >= 4 is 17.8 Å². The van der Waals surface area contributed by atoms with Gasteiger partial charge in [-0.05, 0) is 57.9 Å². The minimum atomic E-state index is -0.881. The van der Waals surface area contributed by atoms with Gasteiger partial charge >= 0.3 is 6.03 Å². The molecular weight excluding hydrogens is 362 g/mol. The molecule has 0 aliphatic carbocycles. The molecule has 1 aromatic rings. The van der Waals surface area contributed by atoms with Crippen molar-refractivity contribution in [2.75, 3.05) is 26.3 Å². The summed E-state index contributed by atoms with van der Waals surface area (Å²) in [6.45, 7) is 6.87. The first-order valence-electron chi connectivity index (χ1n) is 9.65. The Morgan fingerprint density at radius 1 is 1.11 bits per heavy atom. The van der Waals surface area contributed by atoms with Gasteiger partial charge in [0.1, 0.15) is 17.0 Å². The number of nitrogens with one attached hydrogen (secondary N) is 1. The highest BCUT2D eigenvalue weighted by Crippen LogP contribution is 2.30. The molecule has 2 saturated heterocycles. The molecule has 1 aromatic carbocycles. The van der Waals surface area contributed by atoms with E-state index in [4.69, 9.17) is 9.47 Å². The van der Waals surface area contributed by atoms with Gasteiger partial charge in [0.2, 0.25) is 0 Å². The van der Waals surface area contributed by atoms with Gasteiger partial charge in [-0.1, -0.05) is 0 Å². The van der Waals surface area contributed by atoms with E-state index in [9.17, 15) is 14.4 Å². The van der Waals surface area contributed by atoms with E-state index in [0.29, 0.717) is 38.3 Å². The van der Waals surface area contributed by atoms with Gasteiger partial charge in [0.25, 0.3) is 11.8 Å². The topological polar surface area (TPSA) is 88.2 Å². The van der Waals surface area contributed by atoms with Crippen molar-refractivity contribution < 1.29 is 23.9 Å². The van der Waals surface area contributed by atoms with Gasteiger partial charge in [0.15, 0.2) is 6.61 Å². The average Bonchev–Trinajstić information content (AvgIpc) is 2.91. The molecule has 4 amide bonds. The third kappa shape index (κ3) is 3.90. The lowest BCUT2D eigenvalue weighted by Crippen LogP contribution is -2.56. The number of hydrogen-bond donors (Lipinski definition) is 1. The van der Waals surface area contributed by atoms with Crippen LogP contribution < -0.4 is 14.8 Å². The molecule has 0 atom stereocenters. The first-order chi connectivity index (χ1) is 13.4. The lowest BCUT2D eigenvalue weighted by Gasteiger charge is -2.37. The SMILES string of the molecule is CCOc1ccc(OCC(=O)N2CCC3(CC2)NC(=O)N(C(C)C)C3=O)cc1. The Hall–Kier alpha value is -2.77.